The molecule has 1 aromatic rings. The first-order chi connectivity index (χ1) is 12.1. The van der Waals surface area contributed by atoms with E-state index in [2.05, 4.69) is 0 Å². The molecule has 0 spiro atoms. The Bertz CT molecular complexity index is 756. The molecule has 0 radical (unpaired) electrons. The molecule has 0 amide bonds. The quantitative estimate of drug-likeness (QED) is 0.581. The highest BCUT2D eigenvalue weighted by atomic mass is 16.7. The topological polar surface area (TPSA) is 76.0 Å². The summed E-state index contributed by atoms with van der Waals surface area (Å²) >= 11 is 0. The van der Waals surface area contributed by atoms with E-state index < -0.39 is 36.0 Å². The fourth-order valence-corrected chi connectivity index (χ4v) is 3.04. The highest BCUT2D eigenvalue weighted by molar-refractivity contribution is 6.63. The third kappa shape index (κ3) is 3.78. The first kappa shape index (κ1) is 21.5. The number of hydrogen-bond acceptors (Lipinski definition) is 6. The monoisotopic (exact) mass is 379 g/mol. The molecule has 27 heavy (non-hydrogen) atoms. The Morgan fingerprint density at radius 2 is 1.52 bits per heavy atom. The van der Waals surface area contributed by atoms with Crippen molar-refractivity contribution in [3.05, 3.63) is 17.0 Å². The van der Waals surface area contributed by atoms with Crippen molar-refractivity contribution in [3.63, 3.8) is 0 Å². The van der Waals surface area contributed by atoms with Gasteiger partial charge in [0, 0.05) is 11.2 Å². The Morgan fingerprint density at radius 1 is 1.04 bits per heavy atom. The van der Waals surface area contributed by atoms with Crippen LogP contribution >= 0.6 is 0 Å². The van der Waals surface area contributed by atoms with Crippen LogP contribution in [0.3, 0.4) is 0 Å². The number of ether oxygens (including phenoxy) is 2. The summed E-state index contributed by atoms with van der Waals surface area (Å²) in [6.07, 6.45) is -0.647. The number of methoxy groups -OCH3 is 1. The first-order valence-electron chi connectivity index (χ1n) is 9.02. The lowest BCUT2D eigenvalue weighted by Gasteiger charge is -2.32. The number of carbonyl (C=O) groups is 2. The molecule has 2 heterocycles. The molecule has 0 saturated carbocycles. The smallest absolute Gasteiger partial charge is 0.464 e. The molecule has 0 N–H and O–H groups in total. The van der Waals surface area contributed by atoms with Gasteiger partial charge in [0.25, 0.3) is 0 Å². The summed E-state index contributed by atoms with van der Waals surface area (Å²) in [6, 6.07) is 0. The highest BCUT2D eigenvalue weighted by Crippen LogP contribution is 2.37. The van der Waals surface area contributed by atoms with Crippen LogP contribution in [0.4, 0.5) is 4.79 Å². The van der Waals surface area contributed by atoms with Gasteiger partial charge >= 0.3 is 19.2 Å². The summed E-state index contributed by atoms with van der Waals surface area (Å²) in [6.45, 7) is 16.6. The van der Waals surface area contributed by atoms with E-state index in [4.69, 9.17) is 18.8 Å². The summed E-state index contributed by atoms with van der Waals surface area (Å²) < 4.78 is 23.9. The Kier molecular flexibility index (Phi) is 5.31. The van der Waals surface area contributed by atoms with Gasteiger partial charge in [-0.2, -0.15) is 0 Å². The molecule has 1 fully saturated rings. The predicted molar refractivity (Wildman–Crippen MR) is 103 cm³/mol. The van der Waals surface area contributed by atoms with Gasteiger partial charge in [-0.1, -0.05) is 0 Å². The predicted octanol–water partition coefficient (Wildman–Crippen LogP) is 2.97. The minimum atomic E-state index is -0.709. The van der Waals surface area contributed by atoms with E-state index >= 15 is 0 Å². The van der Waals surface area contributed by atoms with E-state index in [0.717, 1.165) is 0 Å². The summed E-state index contributed by atoms with van der Waals surface area (Å²) in [4.78, 5) is 25.2. The van der Waals surface area contributed by atoms with Crippen LogP contribution in [-0.2, 0) is 18.8 Å². The lowest BCUT2D eigenvalue weighted by Crippen LogP contribution is -2.41. The molecular formula is C19H30BNO6. The van der Waals surface area contributed by atoms with Crippen molar-refractivity contribution in [3.8, 4) is 0 Å². The van der Waals surface area contributed by atoms with E-state index in [1.54, 1.807) is 34.6 Å². The van der Waals surface area contributed by atoms with Crippen molar-refractivity contribution in [2.45, 2.75) is 79.1 Å². The number of esters is 1. The average Bonchev–Trinajstić information content (AvgIpc) is 2.85. The molecule has 0 bridgehead atoms. The second-order valence-electron chi connectivity index (χ2n) is 8.87. The van der Waals surface area contributed by atoms with Crippen LogP contribution in [0.1, 0.15) is 70.2 Å². The Labute approximate surface area is 161 Å². The molecule has 150 valence electrons. The van der Waals surface area contributed by atoms with Crippen LogP contribution in [0.15, 0.2) is 0 Å². The van der Waals surface area contributed by atoms with Crippen LogP contribution < -0.4 is 5.46 Å². The first-order valence-corrected chi connectivity index (χ1v) is 9.02. The Hall–Kier alpha value is -1.80. The second kappa shape index (κ2) is 6.67. The normalized spacial score (nSPS) is 18.5. The molecule has 2 rings (SSSR count). The summed E-state index contributed by atoms with van der Waals surface area (Å²) in [5, 5.41) is 0. The fourth-order valence-electron chi connectivity index (χ4n) is 3.04. The van der Waals surface area contributed by atoms with Crippen LogP contribution in [0.5, 0.6) is 0 Å². The van der Waals surface area contributed by atoms with Crippen molar-refractivity contribution in [2.75, 3.05) is 7.11 Å². The van der Waals surface area contributed by atoms with Gasteiger partial charge in [0.15, 0.2) is 0 Å². The van der Waals surface area contributed by atoms with Crippen LogP contribution in [0, 0.1) is 13.8 Å². The van der Waals surface area contributed by atoms with Gasteiger partial charge in [0.05, 0.1) is 18.3 Å². The van der Waals surface area contributed by atoms with E-state index in [-0.39, 0.29) is 5.69 Å². The van der Waals surface area contributed by atoms with E-state index in [0.29, 0.717) is 16.7 Å². The molecule has 0 unspecified atom stereocenters. The van der Waals surface area contributed by atoms with Gasteiger partial charge in [-0.15, -0.1) is 0 Å². The van der Waals surface area contributed by atoms with Gasteiger partial charge in [0.1, 0.15) is 11.3 Å². The third-order valence-electron chi connectivity index (χ3n) is 5.15. The molecular weight excluding hydrogens is 349 g/mol. The van der Waals surface area contributed by atoms with E-state index in [1.807, 2.05) is 27.7 Å². The lowest BCUT2D eigenvalue weighted by atomic mass is 9.76. The van der Waals surface area contributed by atoms with Gasteiger partial charge in [-0.3, -0.25) is 0 Å². The van der Waals surface area contributed by atoms with Gasteiger partial charge < -0.3 is 18.8 Å². The summed E-state index contributed by atoms with van der Waals surface area (Å²) in [5.74, 6) is -0.621. The van der Waals surface area contributed by atoms with Gasteiger partial charge in [-0.25, -0.2) is 14.2 Å². The molecule has 7 nitrogen and oxygen atoms in total. The molecule has 1 aromatic heterocycles. The summed E-state index contributed by atoms with van der Waals surface area (Å²) in [5.41, 5.74) is 0.0595. The number of carbonyl (C=O) groups excluding carboxylic acids is 2. The van der Waals surface area contributed by atoms with Crippen LogP contribution in [0.2, 0.25) is 0 Å². The summed E-state index contributed by atoms with van der Waals surface area (Å²) in [7, 11) is 0.569. The largest absolute Gasteiger partial charge is 0.497 e. The Morgan fingerprint density at radius 3 is 1.93 bits per heavy atom. The molecule has 1 saturated heterocycles. The SMILES string of the molecule is COC(=O)c1c(C)c(B2OC(C)(C)C(C)(C)O2)c(C)n1C(=O)OC(C)(C)C. The van der Waals surface area contributed by atoms with Gasteiger partial charge in [-0.05, 0) is 67.9 Å². The van der Waals surface area contributed by atoms with Crippen LogP contribution in [0.25, 0.3) is 0 Å². The molecule has 8 heteroatoms. The minimum Gasteiger partial charge on any atom is -0.464 e. The number of aromatic nitrogens is 1. The van der Waals surface area contributed by atoms with E-state index in [9.17, 15) is 9.59 Å². The fraction of sp³-hybridized carbons (Fsp3) is 0.684. The zero-order valence-electron chi connectivity index (χ0n) is 18.0. The molecule has 0 aromatic carbocycles. The number of hydrogen-bond donors (Lipinski definition) is 0. The second-order valence-corrected chi connectivity index (χ2v) is 8.87. The zero-order chi connectivity index (χ0) is 20.9. The highest BCUT2D eigenvalue weighted by Gasteiger charge is 2.53. The minimum absolute atomic E-state index is 0.119. The molecule has 0 aliphatic carbocycles. The van der Waals surface area contributed by atoms with Crippen molar-refractivity contribution in [2.24, 2.45) is 0 Å². The van der Waals surface area contributed by atoms with Gasteiger partial charge in [0.2, 0.25) is 0 Å². The molecule has 0 atom stereocenters. The molecule has 1 aliphatic rings. The number of nitrogens with zero attached hydrogens (tertiary/aromatic N) is 1. The maximum Gasteiger partial charge on any atom is 0.497 e. The van der Waals surface area contributed by atoms with Crippen molar-refractivity contribution >= 4 is 24.6 Å². The maximum atomic E-state index is 12.8. The van der Waals surface area contributed by atoms with Crippen LogP contribution in [-0.4, -0.2) is 47.7 Å². The van der Waals surface area contributed by atoms with Crippen molar-refractivity contribution in [1.82, 2.24) is 4.57 Å². The molecule has 1 aliphatic heterocycles. The maximum absolute atomic E-state index is 12.8. The van der Waals surface area contributed by atoms with Crippen molar-refractivity contribution in [1.29, 1.82) is 0 Å². The number of rotatable bonds is 2. The third-order valence-corrected chi connectivity index (χ3v) is 5.15. The zero-order valence-corrected chi connectivity index (χ0v) is 18.0. The van der Waals surface area contributed by atoms with Crippen molar-refractivity contribution < 1.29 is 28.4 Å². The lowest BCUT2D eigenvalue weighted by molar-refractivity contribution is 0.00578. The Balaban J connectivity index is 2.62. The average molecular weight is 379 g/mol. The van der Waals surface area contributed by atoms with E-state index in [1.165, 1.54) is 11.7 Å². The standard InChI is InChI=1S/C19H30BNO6/c1-11-13(20-26-18(6,7)19(8,9)27-20)12(2)21(14(11)15(22)24-10)16(23)25-17(3,4)5/h1-10H3.